The zero-order valence-electron chi connectivity index (χ0n) is 15.1. The van der Waals surface area contributed by atoms with E-state index in [0.29, 0.717) is 24.9 Å². The predicted molar refractivity (Wildman–Crippen MR) is 105 cm³/mol. The monoisotopic (exact) mass is 383 g/mol. The number of esters is 1. The Hall–Kier alpha value is -2.80. The molecule has 2 heterocycles. The van der Waals surface area contributed by atoms with Gasteiger partial charge >= 0.3 is 5.97 Å². The van der Waals surface area contributed by atoms with Gasteiger partial charge in [-0.25, -0.2) is 4.98 Å². The molecule has 0 unspecified atom stereocenters. The highest BCUT2D eigenvalue weighted by Crippen LogP contribution is 2.23. The number of methoxy groups -OCH3 is 1. The number of pyridine rings is 1. The fourth-order valence-electron chi connectivity index (χ4n) is 2.56. The van der Waals surface area contributed by atoms with Crippen molar-refractivity contribution in [2.45, 2.75) is 23.5 Å². The second kappa shape index (κ2) is 9.23. The average molecular weight is 383 g/mol. The molecular formula is C20H21N3O3S. The molecular weight excluding hydrogens is 362 g/mol. The molecule has 0 spiro atoms. The molecule has 27 heavy (non-hydrogen) atoms. The van der Waals surface area contributed by atoms with Crippen LogP contribution in [0, 0.1) is 0 Å². The molecule has 140 valence electrons. The molecule has 0 aliphatic heterocycles. The number of nitrogens with zero attached hydrogens (tertiary/aromatic N) is 2. The Morgan fingerprint density at radius 1 is 1.19 bits per heavy atom. The number of benzene rings is 1. The third-order valence-electron chi connectivity index (χ3n) is 3.99. The first-order valence-electron chi connectivity index (χ1n) is 8.66. The highest BCUT2D eigenvalue weighted by atomic mass is 32.2. The number of fused-ring (bicyclic) bond motifs is 1. The summed E-state index contributed by atoms with van der Waals surface area (Å²) in [6.45, 7) is 0.443. The molecule has 6 nitrogen and oxygen atoms in total. The van der Waals surface area contributed by atoms with Gasteiger partial charge in [0, 0.05) is 41.6 Å². The van der Waals surface area contributed by atoms with E-state index in [4.69, 9.17) is 0 Å². The summed E-state index contributed by atoms with van der Waals surface area (Å²) in [5.74, 6) is 0.355. The Bertz CT molecular complexity index is 889. The van der Waals surface area contributed by atoms with Gasteiger partial charge in [-0.05, 0) is 42.8 Å². The third kappa shape index (κ3) is 5.34. The maximum atomic E-state index is 12.1. The zero-order chi connectivity index (χ0) is 19.1. The largest absolute Gasteiger partial charge is 0.469 e. The van der Waals surface area contributed by atoms with Crippen molar-refractivity contribution < 1.29 is 14.3 Å². The number of hydrogen-bond acceptors (Lipinski definition) is 5. The molecule has 3 rings (SSSR count). The van der Waals surface area contributed by atoms with Crippen molar-refractivity contribution >= 4 is 29.3 Å². The van der Waals surface area contributed by atoms with E-state index < -0.39 is 0 Å². The van der Waals surface area contributed by atoms with Gasteiger partial charge in [0.15, 0.2) is 0 Å². The number of amides is 1. The molecule has 1 N–H and O–H groups in total. The molecule has 3 aromatic rings. The van der Waals surface area contributed by atoms with Gasteiger partial charge in [0.1, 0.15) is 5.65 Å². The number of carbonyl (C=O) groups excluding carboxylic acids is 2. The lowest BCUT2D eigenvalue weighted by Gasteiger charge is -2.06. The van der Waals surface area contributed by atoms with Crippen molar-refractivity contribution in [3.8, 4) is 0 Å². The Morgan fingerprint density at radius 3 is 2.74 bits per heavy atom. The van der Waals surface area contributed by atoms with Gasteiger partial charge in [-0.3, -0.25) is 9.59 Å². The average Bonchev–Trinajstić information content (AvgIpc) is 3.12. The molecule has 0 saturated heterocycles. The minimum Gasteiger partial charge on any atom is -0.469 e. The molecule has 0 saturated carbocycles. The first kappa shape index (κ1) is 19.0. The fourth-order valence-corrected chi connectivity index (χ4v) is 3.34. The topological polar surface area (TPSA) is 72.7 Å². The standard InChI is InChI=1S/C20H21N3O3S/c1-26-19(24)6-4-11-21-20(25)15-7-9-17(10-8-15)27-14-16-13-23-12-3-2-5-18(23)22-16/h2-3,5,7-10,12-13H,4,6,11,14H2,1H3,(H,21,25). The lowest BCUT2D eigenvalue weighted by molar-refractivity contribution is -0.140. The normalized spacial score (nSPS) is 10.7. The van der Waals surface area contributed by atoms with Crippen LogP contribution in [0.15, 0.2) is 59.8 Å². The smallest absolute Gasteiger partial charge is 0.305 e. The molecule has 1 amide bonds. The quantitative estimate of drug-likeness (QED) is 0.367. The summed E-state index contributed by atoms with van der Waals surface area (Å²) in [5, 5.41) is 2.80. The van der Waals surface area contributed by atoms with Gasteiger partial charge < -0.3 is 14.5 Å². The van der Waals surface area contributed by atoms with Crippen LogP contribution in [0.3, 0.4) is 0 Å². The van der Waals surface area contributed by atoms with Crippen LogP contribution in [0.25, 0.3) is 5.65 Å². The highest BCUT2D eigenvalue weighted by molar-refractivity contribution is 7.98. The molecule has 0 atom stereocenters. The van der Waals surface area contributed by atoms with Crippen LogP contribution in [0.4, 0.5) is 0 Å². The van der Waals surface area contributed by atoms with Gasteiger partial charge in [0.25, 0.3) is 5.91 Å². The summed E-state index contributed by atoms with van der Waals surface area (Å²) in [6.07, 6.45) is 4.87. The Balaban J connectivity index is 1.48. The van der Waals surface area contributed by atoms with E-state index in [9.17, 15) is 9.59 Å². The van der Waals surface area contributed by atoms with Crippen LogP contribution in [-0.4, -0.2) is 34.9 Å². The van der Waals surface area contributed by atoms with Gasteiger partial charge in [-0.15, -0.1) is 11.8 Å². The third-order valence-corrected chi connectivity index (χ3v) is 5.03. The fraction of sp³-hybridized carbons (Fsp3) is 0.250. The van der Waals surface area contributed by atoms with Crippen molar-refractivity contribution in [1.29, 1.82) is 0 Å². The van der Waals surface area contributed by atoms with Gasteiger partial charge in [0.2, 0.25) is 0 Å². The van der Waals surface area contributed by atoms with Crippen molar-refractivity contribution in [2.75, 3.05) is 13.7 Å². The zero-order valence-corrected chi connectivity index (χ0v) is 15.9. The number of carbonyl (C=O) groups is 2. The Kier molecular flexibility index (Phi) is 6.49. The van der Waals surface area contributed by atoms with E-state index >= 15 is 0 Å². The number of nitrogens with one attached hydrogen (secondary N) is 1. The number of hydrogen-bond donors (Lipinski definition) is 1. The Labute approximate surface area is 161 Å². The van der Waals surface area contributed by atoms with Crippen LogP contribution < -0.4 is 5.32 Å². The Morgan fingerprint density at radius 2 is 2.00 bits per heavy atom. The van der Waals surface area contributed by atoms with Crippen LogP contribution >= 0.6 is 11.8 Å². The van der Waals surface area contributed by atoms with E-state index in [2.05, 4.69) is 15.0 Å². The van der Waals surface area contributed by atoms with Crippen LogP contribution in [0.2, 0.25) is 0 Å². The van der Waals surface area contributed by atoms with Gasteiger partial charge in [-0.1, -0.05) is 6.07 Å². The molecule has 0 radical (unpaired) electrons. The summed E-state index contributed by atoms with van der Waals surface area (Å²) in [4.78, 5) is 28.8. The molecule has 0 fully saturated rings. The maximum absolute atomic E-state index is 12.1. The van der Waals surface area contributed by atoms with E-state index in [0.717, 1.165) is 22.0 Å². The summed E-state index contributed by atoms with van der Waals surface area (Å²) in [5.41, 5.74) is 2.55. The minimum absolute atomic E-state index is 0.142. The van der Waals surface area contributed by atoms with E-state index in [-0.39, 0.29) is 11.9 Å². The van der Waals surface area contributed by atoms with Gasteiger partial charge in [0.05, 0.1) is 12.8 Å². The molecule has 2 aromatic heterocycles. The summed E-state index contributed by atoms with van der Waals surface area (Å²) >= 11 is 1.68. The van der Waals surface area contributed by atoms with Gasteiger partial charge in [-0.2, -0.15) is 0 Å². The van der Waals surface area contributed by atoms with E-state index in [1.165, 1.54) is 7.11 Å². The van der Waals surface area contributed by atoms with Crippen molar-refractivity contribution in [2.24, 2.45) is 0 Å². The number of aromatic nitrogens is 2. The molecule has 0 bridgehead atoms. The molecule has 1 aromatic carbocycles. The van der Waals surface area contributed by atoms with E-state index in [1.54, 1.807) is 11.8 Å². The summed E-state index contributed by atoms with van der Waals surface area (Å²) < 4.78 is 6.57. The van der Waals surface area contributed by atoms with Crippen molar-refractivity contribution in [1.82, 2.24) is 14.7 Å². The molecule has 0 aliphatic carbocycles. The highest BCUT2D eigenvalue weighted by Gasteiger charge is 2.07. The number of ether oxygens (including phenoxy) is 1. The second-order valence-corrected chi connectivity index (χ2v) is 7.00. The van der Waals surface area contributed by atoms with Crippen LogP contribution in [0.5, 0.6) is 0 Å². The van der Waals surface area contributed by atoms with Crippen LogP contribution in [0.1, 0.15) is 28.9 Å². The SMILES string of the molecule is COC(=O)CCCNC(=O)c1ccc(SCc2cn3ccccc3n2)cc1. The number of thioether (sulfide) groups is 1. The summed E-state index contributed by atoms with van der Waals surface area (Å²) in [6, 6.07) is 13.4. The first-order valence-corrected chi connectivity index (χ1v) is 9.65. The lowest BCUT2D eigenvalue weighted by Crippen LogP contribution is -2.24. The number of rotatable bonds is 8. The molecule has 7 heteroatoms. The maximum Gasteiger partial charge on any atom is 0.305 e. The minimum atomic E-state index is -0.267. The predicted octanol–water partition coefficient (Wildman–Crippen LogP) is 3.31. The van der Waals surface area contributed by atoms with Crippen LogP contribution in [-0.2, 0) is 15.3 Å². The van der Waals surface area contributed by atoms with Crippen molar-refractivity contribution in [3.05, 3.63) is 66.1 Å². The second-order valence-electron chi connectivity index (χ2n) is 5.95. The van der Waals surface area contributed by atoms with E-state index in [1.807, 2.05) is 59.3 Å². The lowest BCUT2D eigenvalue weighted by atomic mass is 10.2. The molecule has 0 aliphatic rings. The first-order chi connectivity index (χ1) is 13.2. The summed E-state index contributed by atoms with van der Waals surface area (Å²) in [7, 11) is 1.36. The number of imidazole rings is 1. The van der Waals surface area contributed by atoms with Crippen molar-refractivity contribution in [3.63, 3.8) is 0 Å².